The lowest BCUT2D eigenvalue weighted by Gasteiger charge is -2.15. The van der Waals surface area contributed by atoms with Gasteiger partial charge < -0.3 is 14.8 Å². The molecule has 124 valence electrons. The molecule has 0 spiro atoms. The van der Waals surface area contributed by atoms with E-state index in [1.807, 2.05) is 37.3 Å². The molecule has 5 heteroatoms. The number of hydrogen-bond donors (Lipinski definition) is 1. The highest BCUT2D eigenvalue weighted by atomic mass is 16.5. The summed E-state index contributed by atoms with van der Waals surface area (Å²) in [6.45, 7) is 2.37. The van der Waals surface area contributed by atoms with Gasteiger partial charge in [0.2, 0.25) is 5.91 Å². The summed E-state index contributed by atoms with van der Waals surface area (Å²) in [5, 5.41) is 12.2. The molecular formula is C19H20N2O3. The first kappa shape index (κ1) is 17.4. The summed E-state index contributed by atoms with van der Waals surface area (Å²) < 4.78 is 10.8. The van der Waals surface area contributed by atoms with E-state index in [1.54, 1.807) is 25.3 Å². The highest BCUT2D eigenvalue weighted by molar-refractivity contribution is 5.95. The largest absolute Gasteiger partial charge is 0.496 e. The fourth-order valence-electron chi connectivity index (χ4n) is 2.36. The molecule has 0 aliphatic carbocycles. The fraction of sp³-hybridized carbons (Fsp3) is 0.263. The Balaban J connectivity index is 2.14. The first-order valence-corrected chi connectivity index (χ1v) is 7.73. The minimum Gasteiger partial charge on any atom is -0.496 e. The van der Waals surface area contributed by atoms with E-state index in [9.17, 15) is 10.1 Å². The van der Waals surface area contributed by atoms with Crippen molar-refractivity contribution in [2.45, 2.75) is 13.3 Å². The predicted molar refractivity (Wildman–Crippen MR) is 92.0 cm³/mol. The van der Waals surface area contributed by atoms with Crippen molar-refractivity contribution in [2.75, 3.05) is 19.0 Å². The maximum atomic E-state index is 12.5. The molecule has 1 amide bonds. The van der Waals surface area contributed by atoms with Crippen molar-refractivity contribution in [2.24, 2.45) is 5.92 Å². The van der Waals surface area contributed by atoms with Crippen LogP contribution in [0.2, 0.25) is 0 Å². The van der Waals surface area contributed by atoms with Crippen molar-refractivity contribution in [1.82, 2.24) is 0 Å². The van der Waals surface area contributed by atoms with E-state index in [0.717, 1.165) is 5.56 Å². The summed E-state index contributed by atoms with van der Waals surface area (Å²) in [5.41, 5.74) is 1.38. The van der Waals surface area contributed by atoms with E-state index in [0.29, 0.717) is 23.8 Å². The third kappa shape index (κ3) is 4.26. The molecule has 1 unspecified atom stereocenters. The zero-order valence-corrected chi connectivity index (χ0v) is 13.8. The average Bonchev–Trinajstić information content (AvgIpc) is 2.61. The Kier molecular flexibility index (Phi) is 6.21. The molecule has 0 aliphatic heterocycles. The van der Waals surface area contributed by atoms with Crippen LogP contribution in [0.15, 0.2) is 48.5 Å². The minimum atomic E-state index is -0.823. The van der Waals surface area contributed by atoms with Crippen LogP contribution in [0.1, 0.15) is 12.5 Å². The van der Waals surface area contributed by atoms with Gasteiger partial charge in [-0.1, -0.05) is 30.3 Å². The summed E-state index contributed by atoms with van der Waals surface area (Å²) in [5.74, 6) is 0.0640. The van der Waals surface area contributed by atoms with E-state index in [4.69, 9.17) is 9.47 Å². The van der Waals surface area contributed by atoms with Gasteiger partial charge in [0.1, 0.15) is 17.4 Å². The van der Waals surface area contributed by atoms with Crippen LogP contribution in [0, 0.1) is 17.2 Å². The van der Waals surface area contributed by atoms with Gasteiger partial charge in [-0.25, -0.2) is 0 Å². The Morgan fingerprint density at radius 1 is 1.17 bits per heavy atom. The number of benzene rings is 2. The highest BCUT2D eigenvalue weighted by Crippen LogP contribution is 2.26. The van der Waals surface area contributed by atoms with Gasteiger partial charge in [-0.2, -0.15) is 5.26 Å². The lowest BCUT2D eigenvalue weighted by molar-refractivity contribution is -0.118. The molecular weight excluding hydrogens is 304 g/mol. The number of nitrogens with zero attached hydrogens (tertiary/aromatic N) is 1. The average molecular weight is 324 g/mol. The standard InChI is InChI=1S/C19H20N2O3/c1-3-24-18-11-7-5-9-16(18)21-19(22)15(13-20)12-14-8-4-6-10-17(14)23-2/h4-11,15H,3,12H2,1-2H3,(H,21,22). The number of anilines is 1. The zero-order valence-electron chi connectivity index (χ0n) is 13.8. The summed E-state index contributed by atoms with van der Waals surface area (Å²) in [6, 6.07) is 16.6. The normalized spacial score (nSPS) is 11.2. The summed E-state index contributed by atoms with van der Waals surface area (Å²) in [7, 11) is 1.57. The molecule has 0 heterocycles. The van der Waals surface area contributed by atoms with Gasteiger partial charge in [0.05, 0.1) is 25.5 Å². The van der Waals surface area contributed by atoms with E-state index in [1.165, 1.54) is 0 Å². The van der Waals surface area contributed by atoms with Crippen LogP contribution in [0.3, 0.4) is 0 Å². The Hall–Kier alpha value is -3.00. The SMILES string of the molecule is CCOc1ccccc1NC(=O)C(C#N)Cc1ccccc1OC. The number of carbonyl (C=O) groups is 1. The molecule has 0 aliphatic rings. The zero-order chi connectivity index (χ0) is 17.4. The second-order valence-corrected chi connectivity index (χ2v) is 5.12. The molecule has 0 fully saturated rings. The Bertz CT molecular complexity index is 737. The van der Waals surface area contributed by atoms with E-state index >= 15 is 0 Å². The number of carbonyl (C=O) groups excluding carboxylic acids is 1. The topological polar surface area (TPSA) is 71.3 Å². The summed E-state index contributed by atoms with van der Waals surface area (Å²) in [4.78, 5) is 12.5. The third-order valence-corrected chi connectivity index (χ3v) is 3.53. The van der Waals surface area contributed by atoms with Gasteiger partial charge in [-0.05, 0) is 30.7 Å². The molecule has 2 rings (SSSR count). The number of methoxy groups -OCH3 is 1. The molecule has 2 aromatic carbocycles. The summed E-state index contributed by atoms with van der Waals surface area (Å²) >= 11 is 0. The maximum Gasteiger partial charge on any atom is 0.242 e. The van der Waals surface area contributed by atoms with Gasteiger partial charge in [-0.15, -0.1) is 0 Å². The van der Waals surface area contributed by atoms with Crippen LogP contribution < -0.4 is 14.8 Å². The third-order valence-electron chi connectivity index (χ3n) is 3.53. The lowest BCUT2D eigenvalue weighted by atomic mass is 9.99. The molecule has 2 aromatic rings. The molecule has 1 N–H and O–H groups in total. The van der Waals surface area contributed by atoms with Crippen molar-refractivity contribution >= 4 is 11.6 Å². The predicted octanol–water partition coefficient (Wildman–Crippen LogP) is 3.41. The number of amides is 1. The molecule has 0 saturated heterocycles. The first-order valence-electron chi connectivity index (χ1n) is 7.73. The van der Waals surface area contributed by atoms with Crippen LogP contribution in [0.5, 0.6) is 11.5 Å². The van der Waals surface area contributed by atoms with Crippen molar-refractivity contribution in [3.05, 3.63) is 54.1 Å². The summed E-state index contributed by atoms with van der Waals surface area (Å²) in [6.07, 6.45) is 0.281. The van der Waals surface area contributed by atoms with Crippen LogP contribution in [-0.4, -0.2) is 19.6 Å². The Labute approximate surface area is 141 Å². The number of hydrogen-bond acceptors (Lipinski definition) is 4. The van der Waals surface area contributed by atoms with Crippen LogP contribution in [0.4, 0.5) is 5.69 Å². The van der Waals surface area contributed by atoms with Gasteiger partial charge in [-0.3, -0.25) is 4.79 Å². The molecule has 5 nitrogen and oxygen atoms in total. The first-order chi connectivity index (χ1) is 11.7. The van der Waals surface area contributed by atoms with Gasteiger partial charge in [0, 0.05) is 6.42 Å². The number of nitrogens with one attached hydrogen (secondary N) is 1. The maximum absolute atomic E-state index is 12.5. The molecule has 0 radical (unpaired) electrons. The Morgan fingerprint density at radius 2 is 1.83 bits per heavy atom. The number of para-hydroxylation sites is 3. The molecule has 1 atom stereocenters. The Morgan fingerprint density at radius 3 is 2.50 bits per heavy atom. The van der Waals surface area contributed by atoms with Gasteiger partial charge in [0.15, 0.2) is 0 Å². The molecule has 0 bridgehead atoms. The van der Waals surface area contributed by atoms with Crippen molar-refractivity contribution < 1.29 is 14.3 Å². The van der Waals surface area contributed by atoms with Crippen LogP contribution in [-0.2, 0) is 11.2 Å². The second kappa shape index (κ2) is 8.59. The molecule has 0 aromatic heterocycles. The van der Waals surface area contributed by atoms with Crippen molar-refractivity contribution in [1.29, 1.82) is 5.26 Å². The number of nitriles is 1. The quantitative estimate of drug-likeness (QED) is 0.847. The number of rotatable bonds is 7. The monoisotopic (exact) mass is 324 g/mol. The number of ether oxygens (including phenoxy) is 2. The van der Waals surface area contributed by atoms with Gasteiger partial charge in [0.25, 0.3) is 0 Å². The molecule has 24 heavy (non-hydrogen) atoms. The van der Waals surface area contributed by atoms with Crippen LogP contribution in [0.25, 0.3) is 0 Å². The van der Waals surface area contributed by atoms with Crippen molar-refractivity contribution in [3.63, 3.8) is 0 Å². The van der Waals surface area contributed by atoms with E-state index in [-0.39, 0.29) is 12.3 Å². The second-order valence-electron chi connectivity index (χ2n) is 5.12. The molecule has 0 saturated carbocycles. The smallest absolute Gasteiger partial charge is 0.242 e. The van der Waals surface area contributed by atoms with E-state index < -0.39 is 5.92 Å². The van der Waals surface area contributed by atoms with Gasteiger partial charge >= 0.3 is 0 Å². The highest BCUT2D eigenvalue weighted by Gasteiger charge is 2.21. The van der Waals surface area contributed by atoms with Crippen LogP contribution >= 0.6 is 0 Å². The van der Waals surface area contributed by atoms with E-state index in [2.05, 4.69) is 11.4 Å². The lowest BCUT2D eigenvalue weighted by Crippen LogP contribution is -2.24. The minimum absolute atomic E-state index is 0.281. The fourth-order valence-corrected chi connectivity index (χ4v) is 2.36. The van der Waals surface area contributed by atoms with Crippen molar-refractivity contribution in [3.8, 4) is 17.6 Å².